The molecular formula is C15H27N3. The molecule has 1 aromatic rings. The van der Waals surface area contributed by atoms with E-state index in [9.17, 15) is 0 Å². The third kappa shape index (κ3) is 2.94. The summed E-state index contributed by atoms with van der Waals surface area (Å²) >= 11 is 0. The monoisotopic (exact) mass is 249 g/mol. The fourth-order valence-electron chi connectivity index (χ4n) is 3.08. The predicted molar refractivity (Wildman–Crippen MR) is 76.0 cm³/mol. The van der Waals surface area contributed by atoms with Crippen molar-refractivity contribution in [2.45, 2.75) is 71.4 Å². The number of nitrogens with zero attached hydrogens (tertiary/aromatic N) is 2. The quantitative estimate of drug-likeness (QED) is 0.840. The Morgan fingerprint density at radius 2 is 2.11 bits per heavy atom. The molecule has 1 heterocycles. The smallest absolute Gasteiger partial charge is 0.106 e. The number of rotatable bonds is 6. The standard InChI is InChI=1S/C15H27N3/c1-4-13(16-3)8-7-11-18-12(2)17-14-9-5-6-10-15(14)18/h13,16H,4-11H2,1-3H3. The largest absolute Gasteiger partial charge is 0.332 e. The maximum atomic E-state index is 4.74. The molecule has 0 bridgehead atoms. The van der Waals surface area contributed by atoms with Gasteiger partial charge in [-0.1, -0.05) is 6.92 Å². The van der Waals surface area contributed by atoms with Gasteiger partial charge in [-0.05, 0) is 58.9 Å². The first-order valence-corrected chi connectivity index (χ1v) is 7.48. The Hall–Kier alpha value is -0.830. The van der Waals surface area contributed by atoms with Crippen LogP contribution >= 0.6 is 0 Å². The highest BCUT2D eigenvalue weighted by molar-refractivity contribution is 5.19. The molecule has 2 rings (SSSR count). The van der Waals surface area contributed by atoms with Crippen LogP contribution in [-0.4, -0.2) is 22.6 Å². The zero-order chi connectivity index (χ0) is 13.0. The SMILES string of the molecule is CCC(CCCn1c(C)nc2c1CCCC2)NC. The van der Waals surface area contributed by atoms with Gasteiger partial charge in [0.15, 0.2) is 0 Å². The van der Waals surface area contributed by atoms with E-state index in [0.29, 0.717) is 6.04 Å². The van der Waals surface area contributed by atoms with Crippen molar-refractivity contribution in [1.82, 2.24) is 14.9 Å². The van der Waals surface area contributed by atoms with Crippen LogP contribution in [0.1, 0.15) is 56.2 Å². The average molecular weight is 249 g/mol. The van der Waals surface area contributed by atoms with Crippen LogP contribution < -0.4 is 5.32 Å². The average Bonchev–Trinajstić information content (AvgIpc) is 2.71. The molecule has 1 aromatic heterocycles. The highest BCUT2D eigenvalue weighted by Gasteiger charge is 2.17. The van der Waals surface area contributed by atoms with Crippen LogP contribution in [0.2, 0.25) is 0 Å². The van der Waals surface area contributed by atoms with Crippen molar-refractivity contribution in [3.8, 4) is 0 Å². The molecule has 0 aliphatic heterocycles. The Morgan fingerprint density at radius 1 is 1.33 bits per heavy atom. The molecule has 0 radical (unpaired) electrons. The van der Waals surface area contributed by atoms with Crippen molar-refractivity contribution >= 4 is 0 Å². The molecule has 0 amide bonds. The number of aryl methyl sites for hydroxylation is 2. The van der Waals surface area contributed by atoms with Gasteiger partial charge in [0.1, 0.15) is 5.82 Å². The molecule has 0 saturated carbocycles. The lowest BCUT2D eigenvalue weighted by Gasteiger charge is -2.17. The second kappa shape index (κ2) is 6.37. The van der Waals surface area contributed by atoms with Gasteiger partial charge in [0.05, 0.1) is 5.69 Å². The van der Waals surface area contributed by atoms with E-state index in [1.54, 1.807) is 0 Å². The number of hydrogen-bond donors (Lipinski definition) is 1. The molecule has 1 aliphatic carbocycles. The molecule has 0 saturated heterocycles. The first-order valence-electron chi connectivity index (χ1n) is 7.48. The van der Waals surface area contributed by atoms with Crippen molar-refractivity contribution in [2.75, 3.05) is 7.05 Å². The number of hydrogen-bond acceptors (Lipinski definition) is 2. The normalized spacial score (nSPS) is 16.6. The number of aromatic nitrogens is 2. The van der Waals surface area contributed by atoms with Crippen molar-refractivity contribution in [3.05, 3.63) is 17.2 Å². The first kappa shape index (κ1) is 13.6. The zero-order valence-electron chi connectivity index (χ0n) is 12.1. The summed E-state index contributed by atoms with van der Waals surface area (Å²) in [6.07, 6.45) is 8.82. The summed E-state index contributed by atoms with van der Waals surface area (Å²) in [4.78, 5) is 4.74. The van der Waals surface area contributed by atoms with Crippen LogP contribution in [0.15, 0.2) is 0 Å². The lowest BCUT2D eigenvalue weighted by atomic mass is 10.0. The summed E-state index contributed by atoms with van der Waals surface area (Å²) in [6, 6.07) is 0.671. The molecule has 0 spiro atoms. The van der Waals surface area contributed by atoms with Crippen molar-refractivity contribution in [1.29, 1.82) is 0 Å². The Balaban J connectivity index is 1.95. The molecule has 1 aliphatic rings. The summed E-state index contributed by atoms with van der Waals surface area (Å²) in [5.74, 6) is 1.22. The molecule has 1 unspecified atom stereocenters. The summed E-state index contributed by atoms with van der Waals surface area (Å²) in [7, 11) is 2.07. The highest BCUT2D eigenvalue weighted by Crippen LogP contribution is 2.22. The second-order valence-corrected chi connectivity index (χ2v) is 5.45. The van der Waals surface area contributed by atoms with Crippen molar-refractivity contribution in [3.63, 3.8) is 0 Å². The molecule has 3 nitrogen and oxygen atoms in total. The van der Waals surface area contributed by atoms with E-state index in [1.807, 2.05) is 0 Å². The van der Waals surface area contributed by atoms with Crippen LogP contribution in [0.5, 0.6) is 0 Å². The summed E-state index contributed by atoms with van der Waals surface area (Å²) in [5.41, 5.74) is 2.90. The van der Waals surface area contributed by atoms with Gasteiger partial charge in [0.25, 0.3) is 0 Å². The van der Waals surface area contributed by atoms with Crippen molar-refractivity contribution < 1.29 is 0 Å². The van der Waals surface area contributed by atoms with Crippen LogP contribution in [0, 0.1) is 6.92 Å². The third-order valence-electron chi connectivity index (χ3n) is 4.26. The van der Waals surface area contributed by atoms with Crippen LogP contribution in [0.4, 0.5) is 0 Å². The van der Waals surface area contributed by atoms with E-state index in [2.05, 4.69) is 30.8 Å². The summed E-state index contributed by atoms with van der Waals surface area (Å²) in [5, 5.41) is 3.38. The van der Waals surface area contributed by atoms with E-state index in [1.165, 1.54) is 62.2 Å². The Labute approximate surface area is 111 Å². The van der Waals surface area contributed by atoms with E-state index in [-0.39, 0.29) is 0 Å². The molecule has 102 valence electrons. The second-order valence-electron chi connectivity index (χ2n) is 5.45. The van der Waals surface area contributed by atoms with Gasteiger partial charge in [0.2, 0.25) is 0 Å². The molecular weight excluding hydrogens is 222 g/mol. The van der Waals surface area contributed by atoms with E-state index in [0.717, 1.165) is 6.54 Å². The first-order chi connectivity index (χ1) is 8.76. The van der Waals surface area contributed by atoms with E-state index >= 15 is 0 Å². The van der Waals surface area contributed by atoms with Gasteiger partial charge < -0.3 is 9.88 Å². The lowest BCUT2D eigenvalue weighted by Crippen LogP contribution is -2.24. The number of nitrogens with one attached hydrogen (secondary N) is 1. The van der Waals surface area contributed by atoms with Gasteiger partial charge in [-0.2, -0.15) is 0 Å². The third-order valence-corrected chi connectivity index (χ3v) is 4.26. The molecule has 0 fully saturated rings. The molecule has 3 heteroatoms. The highest BCUT2D eigenvalue weighted by atomic mass is 15.1. The Kier molecular flexibility index (Phi) is 4.81. The topological polar surface area (TPSA) is 29.9 Å². The molecule has 1 N–H and O–H groups in total. The van der Waals surface area contributed by atoms with Crippen LogP contribution in [0.25, 0.3) is 0 Å². The van der Waals surface area contributed by atoms with Crippen LogP contribution in [-0.2, 0) is 19.4 Å². The zero-order valence-corrected chi connectivity index (χ0v) is 12.1. The molecule has 0 aromatic carbocycles. The van der Waals surface area contributed by atoms with Crippen LogP contribution in [0.3, 0.4) is 0 Å². The van der Waals surface area contributed by atoms with Gasteiger partial charge in [-0.3, -0.25) is 0 Å². The van der Waals surface area contributed by atoms with E-state index < -0.39 is 0 Å². The van der Waals surface area contributed by atoms with Gasteiger partial charge >= 0.3 is 0 Å². The number of fused-ring (bicyclic) bond motifs is 1. The summed E-state index contributed by atoms with van der Waals surface area (Å²) in [6.45, 7) is 5.56. The summed E-state index contributed by atoms with van der Waals surface area (Å²) < 4.78 is 2.47. The molecule has 1 atom stereocenters. The Bertz CT molecular complexity index is 377. The Morgan fingerprint density at radius 3 is 2.83 bits per heavy atom. The minimum Gasteiger partial charge on any atom is -0.332 e. The fourth-order valence-corrected chi connectivity index (χ4v) is 3.08. The van der Waals surface area contributed by atoms with E-state index in [4.69, 9.17) is 4.98 Å². The lowest BCUT2D eigenvalue weighted by molar-refractivity contribution is 0.460. The fraction of sp³-hybridized carbons (Fsp3) is 0.800. The number of imidazole rings is 1. The maximum Gasteiger partial charge on any atom is 0.106 e. The van der Waals surface area contributed by atoms with Gasteiger partial charge in [-0.15, -0.1) is 0 Å². The van der Waals surface area contributed by atoms with Gasteiger partial charge in [-0.25, -0.2) is 4.98 Å². The molecule has 18 heavy (non-hydrogen) atoms. The van der Waals surface area contributed by atoms with Gasteiger partial charge in [0, 0.05) is 18.3 Å². The maximum absolute atomic E-state index is 4.74. The minimum atomic E-state index is 0.671. The minimum absolute atomic E-state index is 0.671. The predicted octanol–water partition coefficient (Wildman–Crippen LogP) is 2.85. The van der Waals surface area contributed by atoms with Crippen molar-refractivity contribution in [2.24, 2.45) is 0 Å².